The van der Waals surface area contributed by atoms with Gasteiger partial charge in [-0.25, -0.2) is 4.98 Å². The minimum absolute atomic E-state index is 0.0519. The first-order chi connectivity index (χ1) is 17.0. The van der Waals surface area contributed by atoms with Gasteiger partial charge in [-0.05, 0) is 54.1 Å². The van der Waals surface area contributed by atoms with Crippen molar-refractivity contribution in [3.05, 3.63) is 78.5 Å². The summed E-state index contributed by atoms with van der Waals surface area (Å²) in [7, 11) is 1.63. The second kappa shape index (κ2) is 10.9. The summed E-state index contributed by atoms with van der Waals surface area (Å²) >= 11 is 0. The largest absolute Gasteiger partial charge is 0.497 e. The van der Waals surface area contributed by atoms with E-state index < -0.39 is 5.91 Å². The fraction of sp³-hybridized carbons (Fsp3) is 0.269. The predicted molar refractivity (Wildman–Crippen MR) is 133 cm³/mol. The van der Waals surface area contributed by atoms with Gasteiger partial charge in [-0.2, -0.15) is 0 Å². The van der Waals surface area contributed by atoms with Gasteiger partial charge in [0.1, 0.15) is 11.4 Å². The fourth-order valence-corrected chi connectivity index (χ4v) is 4.02. The number of hydrogen-bond acceptors (Lipinski definition) is 5. The predicted octanol–water partition coefficient (Wildman–Crippen LogP) is 3.14. The van der Waals surface area contributed by atoms with Gasteiger partial charge in [0, 0.05) is 31.0 Å². The Kier molecular flexibility index (Phi) is 7.47. The molecule has 0 aliphatic rings. The quantitative estimate of drug-likeness (QED) is 0.307. The Morgan fingerprint density at radius 3 is 2.66 bits per heavy atom. The van der Waals surface area contributed by atoms with Crippen molar-refractivity contribution in [3.63, 3.8) is 0 Å². The minimum atomic E-state index is -0.601. The molecule has 2 aromatic heterocycles. The molecule has 0 aliphatic heterocycles. The average Bonchev–Trinajstić information content (AvgIpc) is 3.51. The van der Waals surface area contributed by atoms with Gasteiger partial charge in [-0.1, -0.05) is 18.2 Å². The number of aliphatic hydroxyl groups is 1. The molecule has 0 radical (unpaired) electrons. The number of rotatable bonds is 11. The first-order valence-electron chi connectivity index (χ1n) is 11.4. The van der Waals surface area contributed by atoms with Crippen LogP contribution < -0.4 is 15.8 Å². The number of amides is 2. The van der Waals surface area contributed by atoms with Gasteiger partial charge in [0.2, 0.25) is 5.91 Å². The molecule has 4 aromatic rings. The molecule has 0 saturated heterocycles. The van der Waals surface area contributed by atoms with E-state index in [1.165, 1.54) is 6.33 Å². The number of nitrogens with zero attached hydrogens (tertiary/aromatic N) is 3. The Morgan fingerprint density at radius 2 is 1.97 bits per heavy atom. The molecule has 2 heterocycles. The summed E-state index contributed by atoms with van der Waals surface area (Å²) in [5.74, 6) is 0.139. The van der Waals surface area contributed by atoms with Crippen LogP contribution in [0.2, 0.25) is 0 Å². The van der Waals surface area contributed by atoms with Crippen molar-refractivity contribution in [1.82, 2.24) is 14.1 Å². The highest BCUT2D eigenvalue weighted by Crippen LogP contribution is 2.23. The number of primary amides is 1. The Balaban J connectivity index is 1.38. The van der Waals surface area contributed by atoms with E-state index in [-0.39, 0.29) is 24.2 Å². The third-order valence-electron chi connectivity index (χ3n) is 6.05. The van der Waals surface area contributed by atoms with Crippen LogP contribution in [0, 0.1) is 0 Å². The van der Waals surface area contributed by atoms with Crippen LogP contribution in [0.25, 0.3) is 10.9 Å². The van der Waals surface area contributed by atoms with Crippen molar-refractivity contribution < 1.29 is 19.4 Å². The van der Waals surface area contributed by atoms with Crippen LogP contribution in [-0.2, 0) is 17.8 Å². The van der Waals surface area contributed by atoms with E-state index in [9.17, 15) is 14.7 Å². The molecule has 0 saturated carbocycles. The van der Waals surface area contributed by atoms with Crippen molar-refractivity contribution in [2.75, 3.05) is 19.0 Å². The fourth-order valence-electron chi connectivity index (χ4n) is 4.02. The maximum absolute atomic E-state index is 12.5. The summed E-state index contributed by atoms with van der Waals surface area (Å²) in [5, 5.41) is 13.9. The summed E-state index contributed by atoms with van der Waals surface area (Å²) < 4.78 is 8.96. The summed E-state index contributed by atoms with van der Waals surface area (Å²) in [6, 6.07) is 15.3. The molecule has 4 N–H and O–H groups in total. The third kappa shape index (κ3) is 5.88. The Hall–Kier alpha value is -4.11. The van der Waals surface area contributed by atoms with E-state index in [4.69, 9.17) is 10.5 Å². The number of hydrogen-bond donors (Lipinski definition) is 3. The first-order valence-corrected chi connectivity index (χ1v) is 11.4. The molecule has 9 heteroatoms. The van der Waals surface area contributed by atoms with Crippen LogP contribution in [0.4, 0.5) is 5.69 Å². The van der Waals surface area contributed by atoms with Crippen LogP contribution in [-0.4, -0.2) is 44.8 Å². The molecule has 0 bridgehead atoms. The molecular formula is C26H29N5O4. The highest BCUT2D eigenvalue weighted by atomic mass is 16.5. The van der Waals surface area contributed by atoms with Crippen LogP contribution in [0.1, 0.15) is 34.9 Å². The molecular weight excluding hydrogens is 446 g/mol. The smallest absolute Gasteiger partial charge is 0.268 e. The number of carbonyl (C=O) groups excluding carboxylic acids is 2. The van der Waals surface area contributed by atoms with Crippen molar-refractivity contribution in [3.8, 4) is 5.75 Å². The molecule has 0 spiro atoms. The Bertz CT molecular complexity index is 1310. The van der Waals surface area contributed by atoms with E-state index in [0.717, 1.165) is 27.9 Å². The van der Waals surface area contributed by atoms with E-state index >= 15 is 0 Å². The number of imidazole rings is 1. The number of aryl methyl sites for hydroxylation is 2. The van der Waals surface area contributed by atoms with Gasteiger partial charge in [0.25, 0.3) is 5.91 Å². The number of fused-ring (bicyclic) bond motifs is 1. The van der Waals surface area contributed by atoms with Crippen LogP contribution in [0.5, 0.6) is 5.75 Å². The number of benzene rings is 2. The maximum Gasteiger partial charge on any atom is 0.268 e. The number of aliphatic hydroxyl groups excluding tert-OH is 1. The van der Waals surface area contributed by atoms with Crippen molar-refractivity contribution >= 4 is 28.4 Å². The number of aromatic nitrogens is 3. The topological polar surface area (TPSA) is 124 Å². The number of nitrogens with one attached hydrogen (secondary N) is 1. The zero-order chi connectivity index (χ0) is 24.8. The van der Waals surface area contributed by atoms with Gasteiger partial charge in [0.15, 0.2) is 0 Å². The van der Waals surface area contributed by atoms with E-state index in [1.54, 1.807) is 17.9 Å². The number of anilines is 1. The van der Waals surface area contributed by atoms with Gasteiger partial charge >= 0.3 is 0 Å². The summed E-state index contributed by atoms with van der Waals surface area (Å²) in [6.07, 6.45) is 6.68. The lowest BCUT2D eigenvalue weighted by Crippen LogP contribution is -2.15. The van der Waals surface area contributed by atoms with Gasteiger partial charge < -0.3 is 30.0 Å². The maximum atomic E-state index is 12.5. The van der Waals surface area contributed by atoms with E-state index in [0.29, 0.717) is 25.8 Å². The van der Waals surface area contributed by atoms with E-state index in [1.807, 2.05) is 54.7 Å². The highest BCUT2D eigenvalue weighted by Gasteiger charge is 2.14. The zero-order valence-corrected chi connectivity index (χ0v) is 19.6. The van der Waals surface area contributed by atoms with Crippen LogP contribution in [0.3, 0.4) is 0 Å². The lowest BCUT2D eigenvalue weighted by molar-refractivity contribution is -0.116. The van der Waals surface area contributed by atoms with Gasteiger partial charge in [0.05, 0.1) is 31.6 Å². The average molecular weight is 476 g/mol. The standard InChI is InChI=1S/C26H29N5O4/c1-35-22-7-2-18(3-8-22)4-9-25(33)29-20-6-5-19-10-12-30(24(19)14-20)13-11-21(16-32)31-15-23(26(27)34)28-17-31/h2-3,5-8,10,12,14-15,17,21,32H,4,9,11,13,16H2,1H3,(H2,27,34)(H,29,33)/t21-/m1/s1. The first kappa shape index (κ1) is 24.0. The molecule has 35 heavy (non-hydrogen) atoms. The van der Waals surface area contributed by atoms with Gasteiger partial charge in [-0.15, -0.1) is 0 Å². The van der Waals surface area contributed by atoms with Crippen LogP contribution in [0.15, 0.2) is 67.3 Å². The highest BCUT2D eigenvalue weighted by molar-refractivity contribution is 5.94. The number of carbonyl (C=O) groups is 2. The van der Waals surface area contributed by atoms with Crippen molar-refractivity contribution in [2.24, 2.45) is 5.73 Å². The zero-order valence-electron chi connectivity index (χ0n) is 19.6. The molecule has 9 nitrogen and oxygen atoms in total. The lowest BCUT2D eigenvalue weighted by Gasteiger charge is -2.16. The number of methoxy groups -OCH3 is 1. The van der Waals surface area contributed by atoms with Crippen LogP contribution >= 0.6 is 0 Å². The second-order valence-electron chi connectivity index (χ2n) is 8.37. The van der Waals surface area contributed by atoms with Crippen molar-refractivity contribution in [1.29, 1.82) is 0 Å². The molecule has 1 atom stereocenters. The third-order valence-corrected chi connectivity index (χ3v) is 6.05. The Morgan fingerprint density at radius 1 is 1.17 bits per heavy atom. The molecule has 2 aromatic carbocycles. The molecule has 0 aliphatic carbocycles. The number of ether oxygens (including phenoxy) is 1. The SMILES string of the molecule is COc1ccc(CCC(=O)Nc2ccc3ccn(CC[C@H](CO)n4cnc(C(N)=O)c4)c3c2)cc1. The lowest BCUT2D eigenvalue weighted by atomic mass is 10.1. The Labute approximate surface area is 203 Å². The second-order valence-corrected chi connectivity index (χ2v) is 8.37. The molecule has 2 amide bonds. The number of nitrogens with two attached hydrogens (primary N) is 1. The summed E-state index contributed by atoms with van der Waals surface area (Å²) in [4.78, 5) is 27.8. The monoisotopic (exact) mass is 475 g/mol. The summed E-state index contributed by atoms with van der Waals surface area (Å²) in [5.41, 5.74) is 8.23. The van der Waals surface area contributed by atoms with E-state index in [2.05, 4.69) is 14.9 Å². The molecule has 4 rings (SSSR count). The summed E-state index contributed by atoms with van der Waals surface area (Å²) in [6.45, 7) is 0.539. The van der Waals surface area contributed by atoms with Gasteiger partial charge in [-0.3, -0.25) is 9.59 Å². The molecule has 0 unspecified atom stereocenters. The normalized spacial score (nSPS) is 11.9. The molecule has 0 fully saturated rings. The molecule has 182 valence electrons. The van der Waals surface area contributed by atoms with Crippen molar-refractivity contribution in [2.45, 2.75) is 31.8 Å². The minimum Gasteiger partial charge on any atom is -0.497 e.